The number of nitrogens with zero attached hydrogens (tertiary/aromatic N) is 1. The number of hydrogen-bond acceptors (Lipinski definition) is 3. The molecule has 0 saturated heterocycles. The van der Waals surface area contributed by atoms with Crippen LogP contribution in [0.1, 0.15) is 31.2 Å². The van der Waals surface area contributed by atoms with Crippen molar-refractivity contribution in [3.05, 3.63) is 53.4 Å². The summed E-state index contributed by atoms with van der Waals surface area (Å²) in [6.45, 7) is 10.2. The van der Waals surface area contributed by atoms with E-state index in [1.807, 2.05) is 24.3 Å². The van der Waals surface area contributed by atoms with Crippen LogP contribution in [-0.2, 0) is 11.3 Å². The Kier molecular flexibility index (Phi) is 4.37. The number of rotatable bonds is 4. The molecular weight excluding hydrogens is 313 g/mol. The lowest BCUT2D eigenvalue weighted by atomic mass is 9.64. The maximum absolute atomic E-state index is 7.34. The molecule has 1 aliphatic carbocycles. The van der Waals surface area contributed by atoms with Crippen LogP contribution in [0.3, 0.4) is 0 Å². The molecular formula is C20H20BNO3. The highest BCUT2D eigenvalue weighted by atomic mass is 16.5. The molecule has 2 aliphatic rings. The molecule has 2 aromatic rings. The Morgan fingerprint density at radius 2 is 1.88 bits per heavy atom. The van der Waals surface area contributed by atoms with Crippen molar-refractivity contribution in [2.45, 2.75) is 45.2 Å². The Morgan fingerprint density at radius 1 is 1.12 bits per heavy atom. The summed E-state index contributed by atoms with van der Waals surface area (Å²) < 4.78 is 17.7. The first-order valence-corrected chi connectivity index (χ1v) is 8.83. The molecule has 1 saturated carbocycles. The highest BCUT2D eigenvalue weighted by Gasteiger charge is 2.23. The molecule has 5 heteroatoms. The first-order valence-electron chi connectivity index (χ1n) is 8.83. The molecule has 126 valence electrons. The molecule has 0 spiro atoms. The second-order valence-electron chi connectivity index (χ2n) is 6.68. The zero-order valence-corrected chi connectivity index (χ0v) is 14.3. The Labute approximate surface area is 148 Å². The Hall–Kier alpha value is -2.45. The van der Waals surface area contributed by atoms with Crippen molar-refractivity contribution in [1.82, 2.24) is 0 Å². The monoisotopic (exact) mass is 333 g/mol. The quantitative estimate of drug-likeness (QED) is 0.600. The van der Waals surface area contributed by atoms with E-state index in [0.29, 0.717) is 23.8 Å². The van der Waals surface area contributed by atoms with Crippen LogP contribution in [-0.4, -0.2) is 13.0 Å². The third-order valence-corrected chi connectivity index (χ3v) is 4.92. The van der Waals surface area contributed by atoms with Crippen molar-refractivity contribution in [2.24, 2.45) is 0 Å². The van der Waals surface area contributed by atoms with Gasteiger partial charge >= 0.3 is 6.92 Å². The van der Waals surface area contributed by atoms with E-state index >= 15 is 0 Å². The predicted molar refractivity (Wildman–Crippen MR) is 98.1 cm³/mol. The maximum atomic E-state index is 7.34. The first-order chi connectivity index (χ1) is 12.2. The van der Waals surface area contributed by atoms with Crippen molar-refractivity contribution in [3.8, 4) is 17.2 Å². The molecule has 0 bridgehead atoms. The summed E-state index contributed by atoms with van der Waals surface area (Å²) in [6, 6.07) is 11.5. The molecule has 0 N–H and O–H groups in total. The van der Waals surface area contributed by atoms with Gasteiger partial charge in [0.15, 0.2) is 0 Å². The molecule has 0 aromatic heterocycles. The molecule has 0 atom stereocenters. The fraction of sp³-hybridized carbons (Fsp3) is 0.350. The molecule has 1 heterocycles. The molecule has 4 nitrogen and oxygen atoms in total. The van der Waals surface area contributed by atoms with E-state index in [1.165, 1.54) is 23.9 Å². The SMILES string of the molecule is [C-]#[N+]c1ccc(Oc2ccc3c(c2)COB3C)cc1OC1CCCC1. The van der Waals surface area contributed by atoms with Crippen molar-refractivity contribution in [1.29, 1.82) is 0 Å². The van der Waals surface area contributed by atoms with Gasteiger partial charge in [0.25, 0.3) is 0 Å². The standard InChI is InChI=1S/C20H20BNO3/c1-21-18-9-7-16(11-14(18)13-23-21)24-17-8-10-19(22-2)20(12-17)25-15-5-3-4-6-15/h7-12,15H,3-6,13H2,1H3. The lowest BCUT2D eigenvalue weighted by molar-refractivity contribution is 0.211. The molecule has 1 fully saturated rings. The highest BCUT2D eigenvalue weighted by molar-refractivity contribution is 6.67. The Morgan fingerprint density at radius 3 is 2.68 bits per heavy atom. The average Bonchev–Trinajstić information content (AvgIpc) is 3.25. The van der Waals surface area contributed by atoms with Gasteiger partial charge in [0.05, 0.1) is 19.3 Å². The summed E-state index contributed by atoms with van der Waals surface area (Å²) in [5, 5.41) is 0. The van der Waals surface area contributed by atoms with Gasteiger partial charge in [-0.15, -0.1) is 0 Å². The summed E-state index contributed by atoms with van der Waals surface area (Å²) in [5.74, 6) is 2.09. The fourth-order valence-corrected chi connectivity index (χ4v) is 3.54. The average molecular weight is 333 g/mol. The summed E-state index contributed by atoms with van der Waals surface area (Å²) in [5.41, 5.74) is 2.93. The topological polar surface area (TPSA) is 32.0 Å². The van der Waals surface area contributed by atoms with Crippen molar-refractivity contribution in [2.75, 3.05) is 0 Å². The van der Waals surface area contributed by atoms with Gasteiger partial charge in [-0.05, 0) is 61.0 Å². The smallest absolute Gasteiger partial charge is 0.324 e. The van der Waals surface area contributed by atoms with Crippen molar-refractivity contribution in [3.63, 3.8) is 0 Å². The Bertz CT molecular complexity index is 824. The van der Waals surface area contributed by atoms with Gasteiger partial charge in [-0.25, -0.2) is 4.85 Å². The van der Waals surface area contributed by atoms with Crippen molar-refractivity contribution >= 4 is 18.1 Å². The summed E-state index contributed by atoms with van der Waals surface area (Å²) in [6.07, 6.45) is 4.74. The van der Waals surface area contributed by atoms with Crippen LogP contribution < -0.4 is 14.9 Å². The van der Waals surface area contributed by atoms with E-state index < -0.39 is 0 Å². The lowest BCUT2D eigenvalue weighted by Crippen LogP contribution is -2.23. The van der Waals surface area contributed by atoms with Crippen molar-refractivity contribution < 1.29 is 14.1 Å². The number of fused-ring (bicyclic) bond motifs is 1. The molecule has 4 rings (SSSR count). The summed E-state index contributed by atoms with van der Waals surface area (Å²) >= 11 is 0. The van der Waals surface area contributed by atoms with Gasteiger partial charge in [-0.3, -0.25) is 0 Å². The summed E-state index contributed by atoms with van der Waals surface area (Å²) in [7, 11) is 0. The maximum Gasteiger partial charge on any atom is 0.324 e. The second kappa shape index (κ2) is 6.82. The minimum atomic E-state index is 0.147. The minimum absolute atomic E-state index is 0.147. The predicted octanol–water partition coefficient (Wildman–Crippen LogP) is 4.71. The van der Waals surface area contributed by atoms with Gasteiger partial charge in [-0.2, -0.15) is 0 Å². The lowest BCUT2D eigenvalue weighted by Gasteiger charge is -2.16. The van der Waals surface area contributed by atoms with Gasteiger partial charge in [0.1, 0.15) is 17.2 Å². The van der Waals surface area contributed by atoms with Crippen LogP contribution in [0, 0.1) is 6.57 Å². The van der Waals surface area contributed by atoms with E-state index in [9.17, 15) is 0 Å². The summed E-state index contributed by atoms with van der Waals surface area (Å²) in [4.78, 5) is 3.57. The van der Waals surface area contributed by atoms with E-state index in [1.54, 1.807) is 6.07 Å². The molecule has 2 aromatic carbocycles. The van der Waals surface area contributed by atoms with Crippen LogP contribution in [0.15, 0.2) is 36.4 Å². The third-order valence-electron chi connectivity index (χ3n) is 4.92. The van der Waals surface area contributed by atoms with Gasteiger partial charge in [0, 0.05) is 6.07 Å². The first kappa shape index (κ1) is 16.0. The number of ether oxygens (including phenoxy) is 2. The number of benzene rings is 2. The largest absolute Gasteiger partial charge is 0.501 e. The van der Waals surface area contributed by atoms with Crippen LogP contribution in [0.5, 0.6) is 17.2 Å². The van der Waals surface area contributed by atoms with Crippen LogP contribution in [0.25, 0.3) is 4.85 Å². The molecule has 0 amide bonds. The third kappa shape index (κ3) is 3.36. The highest BCUT2D eigenvalue weighted by Crippen LogP contribution is 2.36. The second-order valence-corrected chi connectivity index (χ2v) is 6.68. The van der Waals surface area contributed by atoms with E-state index in [2.05, 4.69) is 17.7 Å². The zero-order valence-electron chi connectivity index (χ0n) is 14.3. The zero-order chi connectivity index (χ0) is 17.2. The number of hydrogen-bond donors (Lipinski definition) is 0. The van der Waals surface area contributed by atoms with Crippen LogP contribution in [0.2, 0.25) is 6.82 Å². The van der Waals surface area contributed by atoms with Gasteiger partial charge in [-0.1, -0.05) is 12.9 Å². The molecule has 0 unspecified atom stereocenters. The van der Waals surface area contributed by atoms with Gasteiger partial charge in [0.2, 0.25) is 5.69 Å². The molecule has 1 aliphatic heterocycles. The fourth-order valence-electron chi connectivity index (χ4n) is 3.54. The minimum Gasteiger partial charge on any atom is -0.501 e. The van der Waals surface area contributed by atoms with Crippen LogP contribution >= 0.6 is 0 Å². The van der Waals surface area contributed by atoms with Gasteiger partial charge < -0.3 is 14.1 Å². The normalized spacial score (nSPS) is 16.6. The van der Waals surface area contributed by atoms with Crippen LogP contribution in [0.4, 0.5) is 5.69 Å². The van der Waals surface area contributed by atoms with E-state index in [4.69, 9.17) is 20.7 Å². The molecule has 25 heavy (non-hydrogen) atoms. The van der Waals surface area contributed by atoms with E-state index in [-0.39, 0.29) is 13.0 Å². The molecule has 0 radical (unpaired) electrons. The Balaban J connectivity index is 1.55. The van der Waals surface area contributed by atoms with E-state index in [0.717, 1.165) is 18.6 Å².